The highest BCUT2D eigenvalue weighted by atomic mass is 28.3. The molecule has 0 N–H and O–H groups in total. The van der Waals surface area contributed by atoms with Gasteiger partial charge in [0, 0.05) is 8.07 Å². The third-order valence-electron chi connectivity index (χ3n) is 2.23. The van der Waals surface area contributed by atoms with Gasteiger partial charge < -0.3 is 9.47 Å². The summed E-state index contributed by atoms with van der Waals surface area (Å²) in [4.78, 5) is 0. The first-order chi connectivity index (χ1) is 5.41. The van der Waals surface area contributed by atoms with Gasteiger partial charge in [0.05, 0.1) is 13.2 Å². The molecule has 1 saturated heterocycles. The van der Waals surface area contributed by atoms with E-state index in [4.69, 9.17) is 9.47 Å². The average molecular weight is 188 g/mol. The normalized spacial score (nSPS) is 23.0. The van der Waals surface area contributed by atoms with Crippen LogP contribution in [0.1, 0.15) is 13.3 Å². The van der Waals surface area contributed by atoms with E-state index in [2.05, 4.69) is 26.6 Å². The van der Waals surface area contributed by atoms with Crippen molar-refractivity contribution >= 4 is 8.07 Å². The van der Waals surface area contributed by atoms with Gasteiger partial charge in [-0.3, -0.25) is 0 Å². The van der Waals surface area contributed by atoms with Crippen LogP contribution in [0.3, 0.4) is 0 Å². The van der Waals surface area contributed by atoms with E-state index in [1.807, 2.05) is 0 Å². The van der Waals surface area contributed by atoms with Gasteiger partial charge in [0.25, 0.3) is 0 Å². The molecule has 0 amide bonds. The van der Waals surface area contributed by atoms with Crippen LogP contribution in [0.2, 0.25) is 25.7 Å². The van der Waals surface area contributed by atoms with Gasteiger partial charge in [-0.15, -0.1) is 0 Å². The summed E-state index contributed by atoms with van der Waals surface area (Å²) >= 11 is 0. The van der Waals surface area contributed by atoms with Crippen LogP contribution >= 0.6 is 0 Å². The number of rotatable bonds is 3. The highest BCUT2D eigenvalue weighted by Crippen LogP contribution is 2.27. The van der Waals surface area contributed by atoms with Crippen LogP contribution in [0.4, 0.5) is 0 Å². The van der Waals surface area contributed by atoms with Gasteiger partial charge in [0.2, 0.25) is 0 Å². The summed E-state index contributed by atoms with van der Waals surface area (Å²) in [6.45, 7) is 10.7. The predicted octanol–water partition coefficient (Wildman–Crippen LogP) is 2.48. The second kappa shape index (κ2) is 3.48. The lowest BCUT2D eigenvalue weighted by atomic mass is 10.2. The molecule has 0 unspecified atom stereocenters. The van der Waals surface area contributed by atoms with E-state index in [1.54, 1.807) is 0 Å². The Kier molecular flexibility index (Phi) is 2.96. The fourth-order valence-corrected chi connectivity index (χ4v) is 2.51. The van der Waals surface area contributed by atoms with Gasteiger partial charge in [-0.05, 0) is 13.3 Å². The fraction of sp³-hybridized carbons (Fsp3) is 1.00. The first-order valence-electron chi connectivity index (χ1n) is 4.69. The van der Waals surface area contributed by atoms with E-state index in [-0.39, 0.29) is 5.79 Å². The van der Waals surface area contributed by atoms with Gasteiger partial charge in [-0.1, -0.05) is 25.7 Å². The molecule has 0 saturated carbocycles. The third-order valence-corrected chi connectivity index (χ3v) is 3.98. The molecule has 1 aliphatic rings. The van der Waals surface area contributed by atoms with E-state index in [0.29, 0.717) is 0 Å². The summed E-state index contributed by atoms with van der Waals surface area (Å²) in [5.41, 5.74) is 0. The lowest BCUT2D eigenvalue weighted by Crippen LogP contribution is -2.30. The Labute approximate surface area is 76.3 Å². The Morgan fingerprint density at radius 2 is 1.67 bits per heavy atom. The molecule has 2 nitrogen and oxygen atoms in total. The number of hydrogen-bond acceptors (Lipinski definition) is 2. The van der Waals surface area contributed by atoms with Crippen molar-refractivity contribution in [2.75, 3.05) is 13.2 Å². The summed E-state index contributed by atoms with van der Waals surface area (Å²) in [6.07, 6.45) is 1.06. The zero-order valence-electron chi connectivity index (χ0n) is 8.64. The summed E-state index contributed by atoms with van der Waals surface area (Å²) in [6, 6.07) is 1.28. The molecule has 0 aromatic heterocycles. The third kappa shape index (κ3) is 3.25. The van der Waals surface area contributed by atoms with Crippen molar-refractivity contribution in [2.24, 2.45) is 0 Å². The molecule has 12 heavy (non-hydrogen) atoms. The summed E-state index contributed by atoms with van der Waals surface area (Å²) in [5, 5.41) is 0. The zero-order valence-corrected chi connectivity index (χ0v) is 9.64. The standard InChI is InChI=1S/C9H20O2Si/c1-9(10-6-7-11-9)5-8-12(2,3)4/h5-8H2,1-4H3. The Balaban J connectivity index is 2.30. The maximum absolute atomic E-state index is 5.54. The molecule has 1 rings (SSSR count). The van der Waals surface area contributed by atoms with Crippen LogP contribution < -0.4 is 0 Å². The Hall–Kier alpha value is 0.137. The van der Waals surface area contributed by atoms with E-state index in [1.165, 1.54) is 6.04 Å². The second-order valence-corrected chi connectivity index (χ2v) is 10.5. The van der Waals surface area contributed by atoms with E-state index < -0.39 is 8.07 Å². The Morgan fingerprint density at radius 1 is 1.17 bits per heavy atom. The summed E-state index contributed by atoms with van der Waals surface area (Å²) < 4.78 is 11.1. The van der Waals surface area contributed by atoms with Gasteiger partial charge in [-0.2, -0.15) is 0 Å². The maximum Gasteiger partial charge on any atom is 0.165 e. The van der Waals surface area contributed by atoms with Crippen LogP contribution in [-0.4, -0.2) is 27.1 Å². The smallest absolute Gasteiger partial charge is 0.165 e. The van der Waals surface area contributed by atoms with Crippen molar-refractivity contribution < 1.29 is 9.47 Å². The molecule has 0 spiro atoms. The second-order valence-electron chi connectivity index (χ2n) is 4.89. The van der Waals surface area contributed by atoms with Crippen molar-refractivity contribution in [3.8, 4) is 0 Å². The molecule has 0 bridgehead atoms. The van der Waals surface area contributed by atoms with Crippen LogP contribution in [0, 0.1) is 0 Å². The quantitative estimate of drug-likeness (QED) is 0.633. The monoisotopic (exact) mass is 188 g/mol. The van der Waals surface area contributed by atoms with E-state index in [9.17, 15) is 0 Å². The fourth-order valence-electron chi connectivity index (χ4n) is 1.30. The Morgan fingerprint density at radius 3 is 2.08 bits per heavy atom. The van der Waals surface area contributed by atoms with E-state index in [0.717, 1.165) is 19.6 Å². The number of ether oxygens (including phenoxy) is 2. The van der Waals surface area contributed by atoms with Gasteiger partial charge in [-0.25, -0.2) is 0 Å². The molecule has 0 radical (unpaired) electrons. The first kappa shape index (κ1) is 10.2. The molecule has 1 heterocycles. The minimum atomic E-state index is -0.932. The van der Waals surface area contributed by atoms with Crippen molar-refractivity contribution in [2.45, 2.75) is 44.8 Å². The molecule has 0 aromatic rings. The van der Waals surface area contributed by atoms with Crippen molar-refractivity contribution in [3.05, 3.63) is 0 Å². The highest BCUT2D eigenvalue weighted by molar-refractivity contribution is 6.76. The first-order valence-corrected chi connectivity index (χ1v) is 8.40. The highest BCUT2D eigenvalue weighted by Gasteiger charge is 2.32. The molecule has 0 aromatic carbocycles. The minimum absolute atomic E-state index is 0.264. The molecular formula is C9H20O2Si. The van der Waals surface area contributed by atoms with Gasteiger partial charge >= 0.3 is 0 Å². The van der Waals surface area contributed by atoms with Gasteiger partial charge in [0.15, 0.2) is 5.79 Å². The topological polar surface area (TPSA) is 18.5 Å². The molecule has 0 aliphatic carbocycles. The number of hydrogen-bond donors (Lipinski definition) is 0. The van der Waals surface area contributed by atoms with Crippen LogP contribution in [0.25, 0.3) is 0 Å². The largest absolute Gasteiger partial charge is 0.348 e. The molecular weight excluding hydrogens is 168 g/mol. The van der Waals surface area contributed by atoms with Crippen LogP contribution in [-0.2, 0) is 9.47 Å². The molecule has 0 atom stereocenters. The maximum atomic E-state index is 5.54. The van der Waals surface area contributed by atoms with Crippen LogP contribution in [0.15, 0.2) is 0 Å². The van der Waals surface area contributed by atoms with Crippen molar-refractivity contribution in [1.29, 1.82) is 0 Å². The SMILES string of the molecule is CC1(CC[Si](C)(C)C)OCCO1. The predicted molar refractivity (Wildman–Crippen MR) is 53.1 cm³/mol. The lowest BCUT2D eigenvalue weighted by molar-refractivity contribution is -0.143. The van der Waals surface area contributed by atoms with Crippen molar-refractivity contribution in [1.82, 2.24) is 0 Å². The minimum Gasteiger partial charge on any atom is -0.348 e. The van der Waals surface area contributed by atoms with Crippen LogP contribution in [0.5, 0.6) is 0 Å². The molecule has 72 valence electrons. The summed E-state index contributed by atoms with van der Waals surface area (Å²) in [7, 11) is -0.932. The van der Waals surface area contributed by atoms with E-state index >= 15 is 0 Å². The zero-order chi connectivity index (χ0) is 9.24. The Bertz CT molecular complexity index is 145. The van der Waals surface area contributed by atoms with Gasteiger partial charge in [0.1, 0.15) is 0 Å². The molecule has 1 fully saturated rings. The molecule has 1 aliphatic heterocycles. The summed E-state index contributed by atoms with van der Waals surface area (Å²) in [5.74, 6) is -0.264. The molecule has 3 heteroatoms. The lowest BCUT2D eigenvalue weighted by Gasteiger charge is -2.25. The average Bonchev–Trinajstić information content (AvgIpc) is 2.32. The van der Waals surface area contributed by atoms with Crippen molar-refractivity contribution in [3.63, 3.8) is 0 Å².